The van der Waals surface area contributed by atoms with Crippen LogP contribution in [0.5, 0.6) is 0 Å². The van der Waals surface area contributed by atoms with E-state index in [0.29, 0.717) is 5.41 Å². The average molecular weight is 335 g/mol. The fourth-order valence-corrected chi connectivity index (χ4v) is 3.69. The molecule has 2 nitrogen and oxygen atoms in total. The first-order valence-electron chi connectivity index (χ1n) is 9.98. The van der Waals surface area contributed by atoms with Crippen molar-refractivity contribution in [2.45, 2.75) is 91.4 Å². The van der Waals surface area contributed by atoms with Gasteiger partial charge in [-0.15, -0.1) is 0 Å². The molecule has 2 atom stereocenters. The number of hydrogen-bond donors (Lipinski definition) is 1. The van der Waals surface area contributed by atoms with Gasteiger partial charge in [-0.05, 0) is 62.2 Å². The molecule has 1 N–H and O–H groups in total. The lowest BCUT2D eigenvalue weighted by molar-refractivity contribution is -0.137. The number of rotatable bonds is 12. The fraction of sp³-hybridized carbons (Fsp3) is 0.773. The van der Waals surface area contributed by atoms with Gasteiger partial charge in [-0.2, -0.15) is 0 Å². The van der Waals surface area contributed by atoms with Crippen molar-refractivity contribution >= 4 is 5.97 Å². The summed E-state index contributed by atoms with van der Waals surface area (Å²) in [5, 5.41) is 8.63. The van der Waals surface area contributed by atoms with Crippen molar-refractivity contribution in [1.82, 2.24) is 0 Å². The molecule has 0 aromatic heterocycles. The number of aliphatic carboxylic acids is 1. The number of carboxylic acid groups (broad SMARTS) is 1. The molecule has 0 saturated heterocycles. The van der Waals surface area contributed by atoms with Gasteiger partial charge in [0.25, 0.3) is 0 Å². The Kier molecular flexibility index (Phi) is 10.1. The Morgan fingerprint density at radius 2 is 1.96 bits per heavy atom. The molecule has 1 saturated carbocycles. The monoisotopic (exact) mass is 334 g/mol. The molecule has 0 aromatic carbocycles. The van der Waals surface area contributed by atoms with Gasteiger partial charge in [-0.3, -0.25) is 4.79 Å². The number of hydrogen-bond acceptors (Lipinski definition) is 1. The lowest BCUT2D eigenvalue weighted by atomic mass is 9.83. The average Bonchev–Trinajstić information content (AvgIpc) is 2.96. The van der Waals surface area contributed by atoms with Crippen molar-refractivity contribution in [2.24, 2.45) is 17.3 Å². The largest absolute Gasteiger partial charge is 0.481 e. The molecule has 0 spiro atoms. The van der Waals surface area contributed by atoms with Gasteiger partial charge >= 0.3 is 5.97 Å². The maximum Gasteiger partial charge on any atom is 0.303 e. The highest BCUT2D eigenvalue weighted by Gasteiger charge is 2.24. The normalized spacial score (nSPS) is 22.0. The van der Waals surface area contributed by atoms with Crippen molar-refractivity contribution in [1.29, 1.82) is 0 Å². The predicted molar refractivity (Wildman–Crippen MR) is 103 cm³/mol. The summed E-state index contributed by atoms with van der Waals surface area (Å²) in [7, 11) is 0. The van der Waals surface area contributed by atoms with E-state index in [2.05, 4.69) is 45.1 Å². The molecule has 0 heterocycles. The smallest absolute Gasteiger partial charge is 0.303 e. The minimum Gasteiger partial charge on any atom is -0.481 e. The Balaban J connectivity index is 2.30. The van der Waals surface area contributed by atoms with Gasteiger partial charge in [0.1, 0.15) is 0 Å². The second-order valence-electron chi connectivity index (χ2n) is 8.25. The van der Waals surface area contributed by atoms with E-state index in [-0.39, 0.29) is 6.42 Å². The minimum absolute atomic E-state index is 0.285. The van der Waals surface area contributed by atoms with E-state index in [4.69, 9.17) is 5.11 Å². The van der Waals surface area contributed by atoms with Gasteiger partial charge in [0, 0.05) is 6.42 Å². The van der Waals surface area contributed by atoms with Crippen molar-refractivity contribution < 1.29 is 9.90 Å². The Morgan fingerprint density at radius 1 is 1.17 bits per heavy atom. The molecular weight excluding hydrogens is 296 g/mol. The molecule has 24 heavy (non-hydrogen) atoms. The summed E-state index contributed by atoms with van der Waals surface area (Å²) in [5.41, 5.74) is 0.435. The zero-order valence-corrected chi connectivity index (χ0v) is 16.1. The van der Waals surface area contributed by atoms with Crippen LogP contribution in [0.3, 0.4) is 0 Å². The Morgan fingerprint density at radius 3 is 2.67 bits per heavy atom. The summed E-state index contributed by atoms with van der Waals surface area (Å²) >= 11 is 0. The molecule has 1 aliphatic rings. The van der Waals surface area contributed by atoms with Crippen molar-refractivity contribution in [2.75, 3.05) is 0 Å². The quantitative estimate of drug-likeness (QED) is 0.316. The van der Waals surface area contributed by atoms with Crippen LogP contribution < -0.4 is 0 Å². The first kappa shape index (κ1) is 21.0. The van der Waals surface area contributed by atoms with Crippen molar-refractivity contribution in [3.63, 3.8) is 0 Å². The minimum atomic E-state index is -0.689. The van der Waals surface area contributed by atoms with Crippen LogP contribution in [0.2, 0.25) is 0 Å². The molecule has 1 rings (SSSR count). The van der Waals surface area contributed by atoms with E-state index in [0.717, 1.165) is 31.1 Å². The van der Waals surface area contributed by atoms with Crippen molar-refractivity contribution in [3.05, 3.63) is 24.3 Å². The standard InChI is InChI=1S/C22H38O2/c1-4-5-17-22(2,3)18-11-15-20-14-10-13-19(20)12-8-6-7-9-16-21(23)24/h6,8,11,15,19-20H,4-5,7,9-10,12-14,16-18H2,1-3H3,(H,23,24)/t19-,20+/m0/s1. The lowest BCUT2D eigenvalue weighted by Gasteiger charge is -2.23. The van der Waals surface area contributed by atoms with E-state index >= 15 is 0 Å². The molecular formula is C22H38O2. The van der Waals surface area contributed by atoms with Gasteiger partial charge in [0.15, 0.2) is 0 Å². The summed E-state index contributed by atoms with van der Waals surface area (Å²) in [6, 6.07) is 0. The lowest BCUT2D eigenvalue weighted by Crippen LogP contribution is -2.10. The molecule has 0 unspecified atom stereocenters. The maximum atomic E-state index is 10.5. The highest BCUT2D eigenvalue weighted by Crippen LogP contribution is 2.36. The molecule has 0 bridgehead atoms. The van der Waals surface area contributed by atoms with Crippen LogP contribution in [0.1, 0.15) is 91.4 Å². The van der Waals surface area contributed by atoms with E-state index in [1.165, 1.54) is 44.9 Å². The Hall–Kier alpha value is -1.05. The summed E-state index contributed by atoms with van der Waals surface area (Å²) < 4.78 is 0. The van der Waals surface area contributed by atoms with E-state index in [1.54, 1.807) is 0 Å². The van der Waals surface area contributed by atoms with Crippen LogP contribution in [0.15, 0.2) is 24.3 Å². The second kappa shape index (κ2) is 11.5. The number of unbranched alkanes of at least 4 members (excludes halogenated alkanes) is 2. The first-order valence-corrected chi connectivity index (χ1v) is 9.98. The van der Waals surface area contributed by atoms with Gasteiger partial charge in [-0.1, -0.05) is 64.3 Å². The highest BCUT2D eigenvalue weighted by atomic mass is 16.4. The third-order valence-electron chi connectivity index (χ3n) is 5.35. The highest BCUT2D eigenvalue weighted by molar-refractivity contribution is 5.66. The summed E-state index contributed by atoms with van der Waals surface area (Å²) in [5.74, 6) is 0.845. The third-order valence-corrected chi connectivity index (χ3v) is 5.35. The number of carbonyl (C=O) groups is 1. The summed E-state index contributed by atoms with van der Waals surface area (Å²) in [6.45, 7) is 7.04. The topological polar surface area (TPSA) is 37.3 Å². The van der Waals surface area contributed by atoms with Gasteiger partial charge in [-0.25, -0.2) is 0 Å². The Labute approximate surface area is 149 Å². The fourth-order valence-electron chi connectivity index (χ4n) is 3.69. The van der Waals surface area contributed by atoms with Crippen LogP contribution >= 0.6 is 0 Å². The van der Waals surface area contributed by atoms with Crippen LogP contribution in [-0.2, 0) is 4.79 Å². The van der Waals surface area contributed by atoms with Gasteiger partial charge < -0.3 is 5.11 Å². The van der Waals surface area contributed by atoms with E-state index < -0.39 is 5.97 Å². The summed E-state index contributed by atoms with van der Waals surface area (Å²) in [4.78, 5) is 10.5. The van der Waals surface area contributed by atoms with Crippen LogP contribution in [0.4, 0.5) is 0 Å². The van der Waals surface area contributed by atoms with Gasteiger partial charge in [0.05, 0.1) is 0 Å². The molecule has 0 aromatic rings. The van der Waals surface area contributed by atoms with E-state index in [9.17, 15) is 4.79 Å². The molecule has 0 radical (unpaired) electrons. The van der Waals surface area contributed by atoms with Crippen LogP contribution in [0, 0.1) is 17.3 Å². The van der Waals surface area contributed by atoms with Crippen LogP contribution in [-0.4, -0.2) is 11.1 Å². The second-order valence-corrected chi connectivity index (χ2v) is 8.25. The molecule has 1 aliphatic carbocycles. The molecule has 0 aliphatic heterocycles. The van der Waals surface area contributed by atoms with Crippen LogP contribution in [0.25, 0.3) is 0 Å². The summed E-state index contributed by atoms with van der Waals surface area (Å²) in [6.07, 6.45) is 21.6. The molecule has 138 valence electrons. The zero-order chi connectivity index (χ0) is 17.8. The third kappa shape index (κ3) is 9.30. The molecule has 0 amide bonds. The van der Waals surface area contributed by atoms with Crippen molar-refractivity contribution in [3.8, 4) is 0 Å². The van der Waals surface area contributed by atoms with E-state index in [1.807, 2.05) is 0 Å². The molecule has 1 fully saturated rings. The number of carboxylic acids is 1. The Bertz CT molecular complexity index is 406. The van der Waals surface area contributed by atoms with Gasteiger partial charge in [0.2, 0.25) is 0 Å². The predicted octanol–water partition coefficient (Wildman–Crippen LogP) is 6.77. The SMILES string of the molecule is CCCCC(C)(C)CC=C[C@H]1CCC[C@@H]1CC=CCCCC(=O)O. The molecule has 2 heteroatoms. The maximum absolute atomic E-state index is 10.5. The zero-order valence-electron chi connectivity index (χ0n) is 16.1. The first-order chi connectivity index (χ1) is 11.4. The number of allylic oxidation sites excluding steroid dienone is 4.